The highest BCUT2D eigenvalue weighted by atomic mass is 32.2. The van der Waals surface area contributed by atoms with E-state index >= 15 is 0 Å². The highest BCUT2D eigenvalue weighted by Crippen LogP contribution is 2.36. The molecule has 3 N–H and O–H groups in total. The molecule has 4 rings (SSSR count). The van der Waals surface area contributed by atoms with Gasteiger partial charge in [-0.1, -0.05) is 23.9 Å². The Labute approximate surface area is 167 Å². The van der Waals surface area contributed by atoms with Crippen LogP contribution in [0.25, 0.3) is 0 Å². The van der Waals surface area contributed by atoms with Crippen LogP contribution < -0.4 is 25.4 Å². The first-order valence-electron chi connectivity index (χ1n) is 8.92. The van der Waals surface area contributed by atoms with Crippen LogP contribution in [0.15, 0.2) is 42.5 Å². The lowest BCUT2D eigenvalue weighted by Crippen LogP contribution is -2.44. The molecular weight excluding hydrogens is 378 g/mol. The van der Waals surface area contributed by atoms with Crippen LogP contribution in [0.1, 0.15) is 12.5 Å². The monoisotopic (exact) mass is 399 g/mol. The zero-order valence-electron chi connectivity index (χ0n) is 15.6. The summed E-state index contributed by atoms with van der Waals surface area (Å²) in [6.07, 6.45) is 0.514. The summed E-state index contributed by atoms with van der Waals surface area (Å²) in [6, 6.07) is 13.4. The van der Waals surface area contributed by atoms with Crippen molar-refractivity contribution in [2.24, 2.45) is 0 Å². The molecule has 0 saturated carbocycles. The average Bonchev–Trinajstić information content (AvgIpc) is 3.18. The van der Waals surface area contributed by atoms with E-state index in [0.29, 0.717) is 13.0 Å². The van der Waals surface area contributed by atoms with E-state index in [9.17, 15) is 9.59 Å². The molecule has 2 aromatic carbocycles. The Morgan fingerprint density at radius 3 is 2.43 bits per heavy atom. The smallest absolute Gasteiger partial charge is 0.286 e. The summed E-state index contributed by atoms with van der Waals surface area (Å²) in [5.41, 5.74) is 2.52. The Morgan fingerprint density at radius 2 is 1.75 bits per heavy atom. The van der Waals surface area contributed by atoms with Gasteiger partial charge in [0.1, 0.15) is 23.8 Å². The van der Waals surface area contributed by atoms with Crippen molar-refractivity contribution >= 4 is 34.3 Å². The van der Waals surface area contributed by atoms with Crippen LogP contribution in [0, 0.1) is 0 Å². The zero-order chi connectivity index (χ0) is 19.7. The van der Waals surface area contributed by atoms with Gasteiger partial charge in [0.15, 0.2) is 0 Å². The van der Waals surface area contributed by atoms with E-state index in [2.05, 4.69) is 16.0 Å². The first-order chi connectivity index (χ1) is 13.4. The molecule has 0 bridgehead atoms. The standard InChI is InChI=1S/C20H21N3O4S/c1-20(22-15-8-7-14(26-2)10-16(15)23-20)11-27-13-5-3-12(4-6-13)9-17-18(24)21-19(25)28-17/h3-8,10,17,22-23H,9,11H2,1-2H3,(H,21,24,25). The van der Waals surface area contributed by atoms with Crippen LogP contribution in [0.5, 0.6) is 11.5 Å². The molecule has 0 aliphatic carbocycles. The number of amides is 2. The lowest BCUT2D eigenvalue weighted by molar-refractivity contribution is -0.118. The van der Waals surface area contributed by atoms with Gasteiger partial charge in [-0.3, -0.25) is 14.9 Å². The third-order valence-corrected chi connectivity index (χ3v) is 5.67. The van der Waals surface area contributed by atoms with Gasteiger partial charge < -0.3 is 20.1 Å². The van der Waals surface area contributed by atoms with Crippen molar-refractivity contribution in [1.29, 1.82) is 0 Å². The molecular formula is C20H21N3O4S. The lowest BCUT2D eigenvalue weighted by atomic mass is 10.1. The summed E-state index contributed by atoms with van der Waals surface area (Å²) >= 11 is 1.04. The summed E-state index contributed by atoms with van der Waals surface area (Å²) < 4.78 is 11.2. The minimum absolute atomic E-state index is 0.224. The van der Waals surface area contributed by atoms with Crippen LogP contribution in [-0.4, -0.2) is 35.8 Å². The van der Waals surface area contributed by atoms with Gasteiger partial charge in [-0.05, 0) is 43.2 Å². The number of hydrogen-bond donors (Lipinski definition) is 3. The Bertz CT molecular complexity index is 918. The number of carbonyl (C=O) groups is 2. The predicted octanol–water partition coefficient (Wildman–Crippen LogP) is 3.22. The largest absolute Gasteiger partial charge is 0.497 e. The zero-order valence-corrected chi connectivity index (χ0v) is 16.4. The summed E-state index contributed by atoms with van der Waals surface area (Å²) in [5, 5.41) is 8.53. The van der Waals surface area contributed by atoms with Gasteiger partial charge in [0, 0.05) is 6.07 Å². The Morgan fingerprint density at radius 1 is 1.04 bits per heavy atom. The predicted molar refractivity (Wildman–Crippen MR) is 109 cm³/mol. The quantitative estimate of drug-likeness (QED) is 0.687. The van der Waals surface area contributed by atoms with Crippen LogP contribution in [0.2, 0.25) is 0 Å². The van der Waals surface area contributed by atoms with Crippen LogP contribution >= 0.6 is 11.8 Å². The highest BCUT2D eigenvalue weighted by Gasteiger charge is 2.33. The Hall–Kier alpha value is -2.87. The van der Waals surface area contributed by atoms with E-state index in [1.165, 1.54) is 0 Å². The van der Waals surface area contributed by atoms with Crippen molar-refractivity contribution in [3.05, 3.63) is 48.0 Å². The van der Waals surface area contributed by atoms with Gasteiger partial charge in [-0.15, -0.1) is 0 Å². The number of methoxy groups -OCH3 is 1. The second-order valence-electron chi connectivity index (χ2n) is 7.01. The molecule has 7 nitrogen and oxygen atoms in total. The number of anilines is 2. The summed E-state index contributed by atoms with van der Waals surface area (Å²) in [5.74, 6) is 1.31. The second-order valence-corrected chi connectivity index (χ2v) is 8.19. The maximum atomic E-state index is 11.7. The lowest BCUT2D eigenvalue weighted by Gasteiger charge is -2.26. The number of fused-ring (bicyclic) bond motifs is 1. The Balaban J connectivity index is 1.34. The minimum atomic E-state index is -0.438. The third-order valence-electron chi connectivity index (χ3n) is 4.69. The van der Waals surface area contributed by atoms with Gasteiger partial charge in [0.05, 0.1) is 23.7 Å². The molecule has 1 saturated heterocycles. The maximum absolute atomic E-state index is 11.7. The van der Waals surface area contributed by atoms with E-state index in [1.54, 1.807) is 7.11 Å². The first kappa shape index (κ1) is 18.5. The molecule has 2 heterocycles. The Kier molecular flexibility index (Phi) is 4.80. The maximum Gasteiger partial charge on any atom is 0.286 e. The van der Waals surface area contributed by atoms with Gasteiger partial charge in [0.25, 0.3) is 5.24 Å². The molecule has 8 heteroatoms. The fourth-order valence-electron chi connectivity index (χ4n) is 3.25. The van der Waals surface area contributed by atoms with Crippen molar-refractivity contribution in [2.45, 2.75) is 24.3 Å². The molecule has 2 aromatic rings. The van der Waals surface area contributed by atoms with Gasteiger partial charge in [-0.2, -0.15) is 0 Å². The molecule has 2 amide bonds. The van der Waals surface area contributed by atoms with E-state index in [0.717, 1.165) is 40.2 Å². The molecule has 146 valence electrons. The average molecular weight is 399 g/mol. The normalized spacial score (nSPS) is 22.9. The number of carbonyl (C=O) groups excluding carboxylic acids is 2. The number of ether oxygens (including phenoxy) is 2. The molecule has 2 aliphatic heterocycles. The number of thioether (sulfide) groups is 1. The second kappa shape index (κ2) is 7.27. The van der Waals surface area contributed by atoms with Gasteiger partial charge in [-0.25, -0.2) is 0 Å². The summed E-state index contributed by atoms with van der Waals surface area (Å²) in [7, 11) is 1.64. The van der Waals surface area contributed by atoms with E-state index < -0.39 is 5.66 Å². The van der Waals surface area contributed by atoms with Crippen molar-refractivity contribution in [1.82, 2.24) is 5.32 Å². The van der Waals surface area contributed by atoms with Crippen molar-refractivity contribution < 1.29 is 19.1 Å². The van der Waals surface area contributed by atoms with Crippen LogP contribution in [0.3, 0.4) is 0 Å². The topological polar surface area (TPSA) is 88.7 Å². The fraction of sp³-hybridized carbons (Fsp3) is 0.300. The summed E-state index contributed by atoms with van der Waals surface area (Å²) in [6.45, 7) is 2.44. The number of rotatable bonds is 6. The van der Waals surface area contributed by atoms with Crippen LogP contribution in [0.4, 0.5) is 16.2 Å². The molecule has 1 fully saturated rings. The minimum Gasteiger partial charge on any atom is -0.497 e. The number of benzene rings is 2. The van der Waals surface area contributed by atoms with E-state index in [-0.39, 0.29) is 16.4 Å². The molecule has 0 spiro atoms. The van der Waals surface area contributed by atoms with Crippen molar-refractivity contribution in [3.8, 4) is 11.5 Å². The van der Waals surface area contributed by atoms with Crippen molar-refractivity contribution in [3.63, 3.8) is 0 Å². The molecule has 2 atom stereocenters. The summed E-state index contributed by atoms with van der Waals surface area (Å²) in [4.78, 5) is 22.9. The highest BCUT2D eigenvalue weighted by molar-refractivity contribution is 8.15. The molecule has 0 radical (unpaired) electrons. The number of nitrogens with one attached hydrogen (secondary N) is 3. The molecule has 2 unspecified atom stereocenters. The molecule has 2 aliphatic rings. The van der Waals surface area contributed by atoms with Gasteiger partial charge in [0.2, 0.25) is 5.91 Å². The third kappa shape index (κ3) is 3.87. The first-order valence-corrected chi connectivity index (χ1v) is 9.80. The molecule has 0 aromatic heterocycles. The van der Waals surface area contributed by atoms with E-state index in [4.69, 9.17) is 9.47 Å². The fourth-order valence-corrected chi connectivity index (χ4v) is 4.11. The van der Waals surface area contributed by atoms with Crippen molar-refractivity contribution in [2.75, 3.05) is 24.4 Å². The van der Waals surface area contributed by atoms with Crippen LogP contribution in [-0.2, 0) is 11.2 Å². The number of imide groups is 1. The molecule has 28 heavy (non-hydrogen) atoms. The van der Waals surface area contributed by atoms with E-state index in [1.807, 2.05) is 49.4 Å². The SMILES string of the molecule is COc1ccc2c(c1)NC(C)(COc1ccc(CC3SC(=O)NC3=O)cc1)N2. The number of hydrogen-bond acceptors (Lipinski definition) is 7. The van der Waals surface area contributed by atoms with Gasteiger partial charge >= 0.3 is 0 Å².